The molecule has 1 atom stereocenters. The third kappa shape index (κ3) is 3.14. The largest absolute Gasteiger partial charge is 0.301 e. The van der Waals surface area contributed by atoms with Crippen LogP contribution in [0.15, 0.2) is 60.9 Å². The number of rotatable bonds is 2. The Morgan fingerprint density at radius 2 is 1.93 bits per heavy atom. The molecule has 2 aromatic carbocycles. The average molecular weight is 392 g/mol. The maximum absolute atomic E-state index is 6.20. The zero-order valence-electron chi connectivity index (χ0n) is 14.9. The molecule has 1 unspecified atom stereocenters. The van der Waals surface area contributed by atoms with Gasteiger partial charge in [0.15, 0.2) is 5.82 Å². The Balaban J connectivity index is 1.59. The molecule has 27 heavy (non-hydrogen) atoms. The number of fused-ring (bicyclic) bond motifs is 2. The number of hydrogen-bond donors (Lipinski definition) is 0. The van der Waals surface area contributed by atoms with Crippen LogP contribution in [0.3, 0.4) is 0 Å². The first-order valence-electron chi connectivity index (χ1n) is 8.95. The molecule has 0 saturated carbocycles. The Morgan fingerprint density at radius 3 is 2.78 bits per heavy atom. The predicted octanol–water partition coefficient (Wildman–Crippen LogP) is 5.59. The molecule has 5 rings (SSSR count). The fourth-order valence-corrected chi connectivity index (χ4v) is 5.10. The molecule has 0 bridgehead atoms. The van der Waals surface area contributed by atoms with E-state index in [-0.39, 0.29) is 0 Å². The van der Waals surface area contributed by atoms with Crippen molar-refractivity contribution in [3.05, 3.63) is 82.0 Å². The summed E-state index contributed by atoms with van der Waals surface area (Å²) in [5.74, 6) is 1.13. The molecule has 0 radical (unpaired) electrons. The van der Waals surface area contributed by atoms with Crippen molar-refractivity contribution in [3.63, 3.8) is 0 Å². The molecule has 3 nitrogen and oxygen atoms in total. The van der Waals surface area contributed by atoms with Crippen LogP contribution in [-0.4, -0.2) is 28.5 Å². The van der Waals surface area contributed by atoms with E-state index >= 15 is 0 Å². The first-order chi connectivity index (χ1) is 13.2. The summed E-state index contributed by atoms with van der Waals surface area (Å²) in [6.07, 6.45) is 3.58. The molecule has 134 valence electrons. The van der Waals surface area contributed by atoms with Crippen molar-refractivity contribution in [2.75, 3.05) is 13.6 Å². The van der Waals surface area contributed by atoms with Crippen LogP contribution in [0, 0.1) is 0 Å². The molecule has 0 aliphatic carbocycles. The number of halogens is 1. The Hall–Kier alpha value is -2.27. The minimum Gasteiger partial charge on any atom is -0.301 e. The van der Waals surface area contributed by atoms with E-state index in [1.807, 2.05) is 6.07 Å². The van der Waals surface area contributed by atoms with E-state index in [0.717, 1.165) is 28.8 Å². The van der Waals surface area contributed by atoms with Crippen LogP contribution in [0.25, 0.3) is 21.5 Å². The summed E-state index contributed by atoms with van der Waals surface area (Å²) in [5, 5.41) is 1.23. The minimum atomic E-state index is 0.354. The van der Waals surface area contributed by atoms with Crippen molar-refractivity contribution in [1.82, 2.24) is 14.9 Å². The Morgan fingerprint density at radius 1 is 1.07 bits per heavy atom. The van der Waals surface area contributed by atoms with Gasteiger partial charge < -0.3 is 4.90 Å². The molecule has 3 heterocycles. The van der Waals surface area contributed by atoms with Crippen molar-refractivity contribution in [1.29, 1.82) is 0 Å². The van der Waals surface area contributed by atoms with Crippen molar-refractivity contribution < 1.29 is 0 Å². The summed E-state index contributed by atoms with van der Waals surface area (Å²) in [6.45, 7) is 1.95. The monoisotopic (exact) mass is 391 g/mol. The molecule has 0 fully saturated rings. The third-order valence-corrected chi connectivity index (χ3v) is 6.43. The van der Waals surface area contributed by atoms with Crippen LogP contribution in [0.4, 0.5) is 0 Å². The highest BCUT2D eigenvalue weighted by atomic mass is 35.5. The Kier molecular flexibility index (Phi) is 4.20. The lowest BCUT2D eigenvalue weighted by Crippen LogP contribution is -2.31. The molecular weight excluding hydrogens is 374 g/mol. The van der Waals surface area contributed by atoms with Gasteiger partial charge in [0.2, 0.25) is 0 Å². The summed E-state index contributed by atoms with van der Waals surface area (Å²) in [7, 11) is 2.18. The first kappa shape index (κ1) is 16.9. The van der Waals surface area contributed by atoms with E-state index in [1.54, 1.807) is 23.7 Å². The molecule has 1 aliphatic heterocycles. The van der Waals surface area contributed by atoms with E-state index in [1.165, 1.54) is 26.8 Å². The molecule has 4 aromatic rings. The minimum absolute atomic E-state index is 0.354. The normalized spacial score (nSPS) is 17.2. The van der Waals surface area contributed by atoms with Crippen molar-refractivity contribution in [3.8, 4) is 11.4 Å². The quantitative estimate of drug-likeness (QED) is 0.446. The number of thiophene rings is 1. The van der Waals surface area contributed by atoms with Gasteiger partial charge in [-0.05, 0) is 59.5 Å². The molecule has 2 aromatic heterocycles. The van der Waals surface area contributed by atoms with Crippen LogP contribution in [0.5, 0.6) is 0 Å². The van der Waals surface area contributed by atoms with Crippen molar-refractivity contribution in [2.45, 2.75) is 12.5 Å². The van der Waals surface area contributed by atoms with Gasteiger partial charge >= 0.3 is 0 Å². The van der Waals surface area contributed by atoms with E-state index in [4.69, 9.17) is 11.6 Å². The van der Waals surface area contributed by atoms with Crippen LogP contribution in [-0.2, 0) is 6.54 Å². The maximum atomic E-state index is 6.20. The average Bonchev–Trinajstić information content (AvgIpc) is 3.06. The molecule has 0 N–H and O–H groups in total. The van der Waals surface area contributed by atoms with Crippen molar-refractivity contribution in [2.24, 2.45) is 0 Å². The maximum Gasteiger partial charge on any atom is 0.159 e. The van der Waals surface area contributed by atoms with Gasteiger partial charge in [0.05, 0.1) is 4.34 Å². The lowest BCUT2D eigenvalue weighted by atomic mass is 9.84. The molecule has 0 saturated heterocycles. The highest BCUT2D eigenvalue weighted by molar-refractivity contribution is 7.22. The highest BCUT2D eigenvalue weighted by Gasteiger charge is 2.25. The number of benzene rings is 2. The van der Waals surface area contributed by atoms with Crippen molar-refractivity contribution >= 4 is 33.0 Å². The molecule has 1 aliphatic rings. The predicted molar refractivity (Wildman–Crippen MR) is 112 cm³/mol. The van der Waals surface area contributed by atoms with Gasteiger partial charge in [0.1, 0.15) is 0 Å². The zero-order valence-corrected chi connectivity index (χ0v) is 16.5. The summed E-state index contributed by atoms with van der Waals surface area (Å²) < 4.78 is 2.08. The van der Waals surface area contributed by atoms with Gasteiger partial charge in [-0.3, -0.25) is 0 Å². The Bertz CT molecular complexity index is 1120. The van der Waals surface area contributed by atoms with E-state index < -0.39 is 0 Å². The molecule has 0 spiro atoms. The number of nitrogens with zero attached hydrogens (tertiary/aromatic N) is 3. The first-order valence-corrected chi connectivity index (χ1v) is 10.1. The van der Waals surface area contributed by atoms with Crippen LogP contribution in [0.2, 0.25) is 4.34 Å². The van der Waals surface area contributed by atoms with Gasteiger partial charge in [-0.25, -0.2) is 9.97 Å². The third-order valence-electron chi connectivity index (χ3n) is 5.19. The fourth-order valence-electron chi connectivity index (χ4n) is 3.97. The van der Waals surface area contributed by atoms with Gasteiger partial charge in [-0.15, -0.1) is 11.3 Å². The summed E-state index contributed by atoms with van der Waals surface area (Å²) in [6, 6.07) is 17.3. The van der Waals surface area contributed by atoms with Crippen LogP contribution in [0.1, 0.15) is 22.6 Å². The van der Waals surface area contributed by atoms with Gasteiger partial charge in [-0.1, -0.05) is 29.8 Å². The van der Waals surface area contributed by atoms with Gasteiger partial charge in [-0.2, -0.15) is 0 Å². The van der Waals surface area contributed by atoms with E-state index in [0.29, 0.717) is 5.92 Å². The molecule has 0 amide bonds. The van der Waals surface area contributed by atoms with E-state index in [9.17, 15) is 0 Å². The second-order valence-corrected chi connectivity index (χ2v) is 8.80. The van der Waals surface area contributed by atoms with Gasteiger partial charge in [0.25, 0.3) is 0 Å². The standard InChI is InChI=1S/C22H18ClN3S/c1-26-12-17-10-15(22-24-7-2-8-25-22)3-5-18(17)19(13-26)14-4-6-20-16(9-14)11-21(23)27-20/h2-11,19H,12-13H2,1H3. The van der Waals surface area contributed by atoms with Crippen LogP contribution >= 0.6 is 22.9 Å². The molecular formula is C22H18ClN3S. The SMILES string of the molecule is CN1Cc2cc(-c3ncccn3)ccc2C(c2ccc3sc(Cl)cc3c2)C1. The second-order valence-electron chi connectivity index (χ2n) is 7.08. The summed E-state index contributed by atoms with van der Waals surface area (Å²) in [4.78, 5) is 11.2. The Labute approximate surface area is 167 Å². The number of likely N-dealkylation sites (N-methyl/N-ethyl adjacent to an activating group) is 1. The smallest absolute Gasteiger partial charge is 0.159 e. The lowest BCUT2D eigenvalue weighted by molar-refractivity contribution is 0.295. The second kappa shape index (κ2) is 6.71. The summed E-state index contributed by atoms with van der Waals surface area (Å²) >= 11 is 7.83. The topological polar surface area (TPSA) is 29.0 Å². The zero-order chi connectivity index (χ0) is 18.4. The van der Waals surface area contributed by atoms with Crippen LogP contribution < -0.4 is 0 Å². The summed E-state index contributed by atoms with van der Waals surface area (Å²) in [5.41, 5.74) is 5.16. The van der Waals surface area contributed by atoms with E-state index in [2.05, 4.69) is 64.4 Å². The van der Waals surface area contributed by atoms with Gasteiger partial charge in [0, 0.05) is 41.7 Å². The fraction of sp³-hybridized carbons (Fsp3) is 0.182. The highest BCUT2D eigenvalue weighted by Crippen LogP contribution is 2.37. The number of aromatic nitrogens is 2. The lowest BCUT2D eigenvalue weighted by Gasteiger charge is -2.33. The number of hydrogen-bond acceptors (Lipinski definition) is 4. The molecule has 5 heteroatoms.